The summed E-state index contributed by atoms with van der Waals surface area (Å²) in [5.74, 6) is 1.07. The highest BCUT2D eigenvalue weighted by Gasteiger charge is 2.44. The van der Waals surface area contributed by atoms with Gasteiger partial charge in [-0.1, -0.05) is 53.6 Å². The van der Waals surface area contributed by atoms with Gasteiger partial charge in [0.25, 0.3) is 5.91 Å². The molecule has 2 N–H and O–H groups in total. The minimum Gasteiger partial charge on any atom is -0.339 e. The van der Waals surface area contributed by atoms with Gasteiger partial charge in [0.2, 0.25) is 0 Å². The first-order valence-corrected chi connectivity index (χ1v) is 17.8. The number of likely N-dealkylation sites (tertiary alicyclic amines) is 1. The van der Waals surface area contributed by atoms with Gasteiger partial charge in [0.05, 0.1) is 21.0 Å². The van der Waals surface area contributed by atoms with Gasteiger partial charge in [0.1, 0.15) is 16.8 Å². The smallest absolute Gasteiger partial charge is 0.253 e. The zero-order valence-corrected chi connectivity index (χ0v) is 27.7. The Bertz CT molecular complexity index is 1750. The van der Waals surface area contributed by atoms with E-state index in [9.17, 15) is 9.00 Å². The Labute approximate surface area is 273 Å². The molecule has 3 aromatic carbocycles. The maximum absolute atomic E-state index is 13.5. The van der Waals surface area contributed by atoms with E-state index >= 15 is 0 Å². The second kappa shape index (κ2) is 12.3. The molecule has 4 heterocycles. The molecule has 7 rings (SSSR count). The summed E-state index contributed by atoms with van der Waals surface area (Å²) in [7, 11) is -1.75. The Morgan fingerprint density at radius 1 is 0.978 bits per heavy atom. The molecule has 3 aliphatic rings. The van der Waals surface area contributed by atoms with Crippen LogP contribution in [0.4, 0.5) is 0 Å². The van der Waals surface area contributed by atoms with Crippen LogP contribution in [0.15, 0.2) is 71.6 Å². The van der Waals surface area contributed by atoms with Crippen LogP contribution in [0.3, 0.4) is 0 Å². The summed E-state index contributed by atoms with van der Waals surface area (Å²) >= 11 is 6.18. The molecule has 9 heteroatoms. The van der Waals surface area contributed by atoms with Crippen LogP contribution in [0.1, 0.15) is 78.3 Å². The number of fused-ring (bicyclic) bond motifs is 3. The van der Waals surface area contributed by atoms with E-state index in [0.29, 0.717) is 46.7 Å². The van der Waals surface area contributed by atoms with Gasteiger partial charge in [-0.3, -0.25) is 9.69 Å². The number of para-hydroxylation sites is 2. The molecule has 7 nitrogen and oxygen atoms in total. The summed E-state index contributed by atoms with van der Waals surface area (Å²) in [6, 6.07) is 24.1. The number of nitrogens with two attached hydrogens (primary N) is 1. The largest absolute Gasteiger partial charge is 0.339 e. The minimum atomic E-state index is -1.75. The van der Waals surface area contributed by atoms with Crippen molar-refractivity contribution in [3.05, 3.63) is 94.3 Å². The summed E-state index contributed by atoms with van der Waals surface area (Å²) in [4.78, 5) is 23.5. The number of nitrogens with zero attached hydrogens (tertiary/aromatic N) is 4. The van der Waals surface area contributed by atoms with E-state index < -0.39 is 11.0 Å². The lowest BCUT2D eigenvalue weighted by molar-refractivity contribution is 0.0606. The maximum atomic E-state index is 13.5. The number of piperidine rings is 2. The fourth-order valence-electron chi connectivity index (χ4n) is 8.56. The van der Waals surface area contributed by atoms with Gasteiger partial charge in [0.15, 0.2) is 0 Å². The first kappa shape index (κ1) is 30.6. The van der Waals surface area contributed by atoms with Crippen LogP contribution < -0.4 is 5.14 Å². The number of carbonyl (C=O) groups excluding carboxylic acids is 1. The summed E-state index contributed by atoms with van der Waals surface area (Å²) in [6.07, 6.45) is 7.80. The van der Waals surface area contributed by atoms with Crippen molar-refractivity contribution in [3.63, 3.8) is 0 Å². The second-order valence-corrected chi connectivity index (χ2v) is 14.8. The van der Waals surface area contributed by atoms with Crippen LogP contribution in [0.25, 0.3) is 11.0 Å². The van der Waals surface area contributed by atoms with Crippen LogP contribution in [-0.2, 0) is 16.4 Å². The van der Waals surface area contributed by atoms with Gasteiger partial charge >= 0.3 is 0 Å². The SMILES string of the molecule is Cc1cccc(C2(CCN3[C@@H]4CC[C@H]3CC(n3c(C)nc5ccccc53)C4)CCN(C(=O)c3ccc(Cl)c(S(N)=O)c3)CC2)c1. The summed E-state index contributed by atoms with van der Waals surface area (Å²) in [6.45, 7) is 6.76. The zero-order valence-electron chi connectivity index (χ0n) is 26.1. The Morgan fingerprint density at radius 2 is 1.71 bits per heavy atom. The molecule has 1 aromatic heterocycles. The average molecular weight is 644 g/mol. The summed E-state index contributed by atoms with van der Waals surface area (Å²) in [5, 5.41) is 5.92. The highest BCUT2D eigenvalue weighted by atomic mass is 35.5. The van der Waals surface area contributed by atoms with E-state index in [0.717, 1.165) is 37.1 Å². The van der Waals surface area contributed by atoms with E-state index in [1.807, 2.05) is 4.90 Å². The molecule has 45 heavy (non-hydrogen) atoms. The standard InChI is InChI=1S/C36H42ClN5O2S/c1-24-6-5-7-27(20-24)36(14-17-40(18-15-36)35(43)26-10-13-31(37)34(21-26)45(38)44)16-19-41-28-11-12-29(41)23-30(22-28)42-25(2)39-32-8-3-4-9-33(32)42/h3-10,13,20-21,28-30H,11-12,14-19,22-23,38H2,1-2H3/t28-,29+,30?,45?. The van der Waals surface area contributed by atoms with E-state index in [-0.39, 0.29) is 11.3 Å². The molecular weight excluding hydrogens is 602 g/mol. The molecular formula is C36H42ClN5O2S. The number of amides is 1. The van der Waals surface area contributed by atoms with Crippen molar-refractivity contribution in [3.8, 4) is 0 Å². The number of aromatic nitrogens is 2. The van der Waals surface area contributed by atoms with Crippen molar-refractivity contribution < 1.29 is 9.00 Å². The molecule has 2 bridgehead atoms. The lowest BCUT2D eigenvalue weighted by Gasteiger charge is -2.46. The van der Waals surface area contributed by atoms with Crippen LogP contribution in [0, 0.1) is 13.8 Å². The fraction of sp³-hybridized carbons (Fsp3) is 0.444. The summed E-state index contributed by atoms with van der Waals surface area (Å²) < 4.78 is 14.5. The lowest BCUT2D eigenvalue weighted by atomic mass is 9.70. The predicted molar refractivity (Wildman–Crippen MR) is 181 cm³/mol. The Kier molecular flexibility index (Phi) is 8.36. The van der Waals surface area contributed by atoms with Gasteiger partial charge < -0.3 is 9.47 Å². The Hall–Kier alpha value is -3.04. The van der Waals surface area contributed by atoms with Crippen LogP contribution in [-0.4, -0.2) is 61.2 Å². The molecule has 0 aliphatic carbocycles. The maximum Gasteiger partial charge on any atom is 0.253 e. The first-order valence-electron chi connectivity index (χ1n) is 16.2. The number of aryl methyl sites for hydroxylation is 2. The molecule has 1 amide bonds. The van der Waals surface area contributed by atoms with Crippen LogP contribution in [0.5, 0.6) is 0 Å². The number of rotatable bonds is 7. The normalized spacial score (nSPS) is 23.8. The van der Waals surface area contributed by atoms with Gasteiger partial charge in [0, 0.05) is 36.8 Å². The Morgan fingerprint density at radius 3 is 2.42 bits per heavy atom. The topological polar surface area (TPSA) is 84.5 Å². The number of hydrogen-bond donors (Lipinski definition) is 1. The molecule has 236 valence electrons. The van der Waals surface area contributed by atoms with Crippen LogP contribution in [0.2, 0.25) is 5.02 Å². The van der Waals surface area contributed by atoms with E-state index in [2.05, 4.69) is 71.8 Å². The lowest BCUT2D eigenvalue weighted by Crippen LogP contribution is -2.49. The predicted octanol–water partition coefficient (Wildman–Crippen LogP) is 6.72. The third-order valence-electron chi connectivity index (χ3n) is 10.9. The van der Waals surface area contributed by atoms with E-state index in [4.69, 9.17) is 21.7 Å². The van der Waals surface area contributed by atoms with Crippen molar-refractivity contribution in [2.45, 2.75) is 87.2 Å². The highest BCUT2D eigenvalue weighted by Crippen LogP contribution is 2.45. The second-order valence-electron chi connectivity index (χ2n) is 13.4. The molecule has 3 aliphatic heterocycles. The summed E-state index contributed by atoms with van der Waals surface area (Å²) in [5.41, 5.74) is 5.53. The highest BCUT2D eigenvalue weighted by molar-refractivity contribution is 7.82. The van der Waals surface area contributed by atoms with Crippen molar-refractivity contribution in [1.29, 1.82) is 0 Å². The van der Waals surface area contributed by atoms with Crippen molar-refractivity contribution in [2.24, 2.45) is 5.14 Å². The quantitative estimate of drug-likeness (QED) is 0.242. The van der Waals surface area contributed by atoms with Crippen molar-refractivity contribution >= 4 is 39.5 Å². The molecule has 4 aromatic rings. The van der Waals surface area contributed by atoms with E-state index in [1.165, 1.54) is 42.3 Å². The molecule has 3 fully saturated rings. The van der Waals surface area contributed by atoms with Gasteiger partial charge in [-0.2, -0.15) is 0 Å². The number of carbonyl (C=O) groups is 1. The third kappa shape index (κ3) is 5.75. The molecule has 2 unspecified atom stereocenters. The van der Waals surface area contributed by atoms with E-state index in [1.54, 1.807) is 18.2 Å². The molecule has 0 saturated carbocycles. The zero-order chi connectivity index (χ0) is 31.3. The number of imidazole rings is 1. The van der Waals surface area contributed by atoms with Crippen molar-refractivity contribution in [1.82, 2.24) is 19.4 Å². The monoisotopic (exact) mass is 643 g/mol. The first-order chi connectivity index (χ1) is 21.7. The van der Waals surface area contributed by atoms with Crippen molar-refractivity contribution in [2.75, 3.05) is 19.6 Å². The van der Waals surface area contributed by atoms with Crippen LogP contribution >= 0.6 is 11.6 Å². The molecule has 4 atom stereocenters. The average Bonchev–Trinajstić information content (AvgIpc) is 3.50. The number of halogens is 1. The molecule has 0 radical (unpaired) electrons. The number of benzene rings is 3. The minimum absolute atomic E-state index is 0.0140. The third-order valence-corrected chi connectivity index (χ3v) is 12.1. The molecule has 3 saturated heterocycles. The number of hydrogen-bond acceptors (Lipinski definition) is 4. The van der Waals surface area contributed by atoms with Gasteiger partial charge in [-0.05, 0) is 107 Å². The van der Waals surface area contributed by atoms with Gasteiger partial charge in [-0.15, -0.1) is 0 Å². The molecule has 0 spiro atoms. The Balaban J connectivity index is 1.07. The fourth-order valence-corrected chi connectivity index (χ4v) is 9.41. The van der Waals surface area contributed by atoms with Gasteiger partial charge in [-0.25, -0.2) is 14.3 Å².